The molecule has 0 aliphatic carbocycles. The molecule has 2 N–H and O–H groups in total. The van der Waals surface area contributed by atoms with E-state index >= 15 is 0 Å². The van der Waals surface area contributed by atoms with Crippen molar-refractivity contribution in [1.29, 1.82) is 0 Å². The molecule has 0 amide bonds. The lowest BCUT2D eigenvalue weighted by Crippen LogP contribution is -2.30. The zero-order chi connectivity index (χ0) is 12.8. The predicted octanol–water partition coefficient (Wildman–Crippen LogP) is 2.62. The minimum absolute atomic E-state index is 0.122. The van der Waals surface area contributed by atoms with Gasteiger partial charge in [-0.1, -0.05) is 38.1 Å². The zero-order valence-electron chi connectivity index (χ0n) is 10.7. The van der Waals surface area contributed by atoms with Crippen LogP contribution in [0.3, 0.4) is 0 Å². The summed E-state index contributed by atoms with van der Waals surface area (Å²) in [6.07, 6.45) is 1.62. The molecule has 2 unspecified atom stereocenters. The van der Waals surface area contributed by atoms with Gasteiger partial charge in [-0.15, -0.1) is 0 Å². The van der Waals surface area contributed by atoms with Crippen LogP contribution in [0.1, 0.15) is 37.4 Å². The first-order valence-electron chi connectivity index (χ1n) is 6.12. The number of hydrogen-bond acceptors (Lipinski definition) is 2. The molecular weight excluding hydrogens is 214 g/mol. The Morgan fingerprint density at radius 1 is 1.29 bits per heavy atom. The maximum Gasteiger partial charge on any atom is 0.308 e. The van der Waals surface area contributed by atoms with Crippen molar-refractivity contribution in [2.75, 3.05) is 7.05 Å². The van der Waals surface area contributed by atoms with Crippen LogP contribution in [0.15, 0.2) is 24.3 Å². The number of hydrogen-bond donors (Lipinski definition) is 2. The molecule has 1 aromatic carbocycles. The van der Waals surface area contributed by atoms with Gasteiger partial charge in [0.1, 0.15) is 0 Å². The van der Waals surface area contributed by atoms with Crippen LogP contribution in [0.5, 0.6) is 0 Å². The van der Waals surface area contributed by atoms with E-state index in [1.807, 2.05) is 26.1 Å². The van der Waals surface area contributed by atoms with Crippen molar-refractivity contribution >= 4 is 5.97 Å². The Kier molecular flexibility index (Phi) is 5.16. The fraction of sp³-hybridized carbons (Fsp3) is 0.500. The summed E-state index contributed by atoms with van der Waals surface area (Å²) in [4.78, 5) is 11.2. The Morgan fingerprint density at radius 2 is 1.88 bits per heavy atom. The number of carboxylic acid groups (broad SMARTS) is 1. The van der Waals surface area contributed by atoms with E-state index in [0.29, 0.717) is 6.42 Å². The molecule has 1 aromatic rings. The monoisotopic (exact) mass is 235 g/mol. The highest BCUT2D eigenvalue weighted by Gasteiger charge is 2.26. The fourth-order valence-corrected chi connectivity index (χ4v) is 2.11. The van der Waals surface area contributed by atoms with E-state index in [0.717, 1.165) is 12.0 Å². The van der Waals surface area contributed by atoms with E-state index in [9.17, 15) is 9.90 Å². The number of carboxylic acids is 1. The summed E-state index contributed by atoms with van der Waals surface area (Å²) in [6, 6.07) is 8.04. The average molecular weight is 235 g/mol. The zero-order valence-corrected chi connectivity index (χ0v) is 10.7. The molecule has 0 saturated heterocycles. The Hall–Kier alpha value is -1.35. The molecule has 1 rings (SSSR count). The topological polar surface area (TPSA) is 49.3 Å². The van der Waals surface area contributed by atoms with Crippen molar-refractivity contribution < 1.29 is 9.90 Å². The summed E-state index contributed by atoms with van der Waals surface area (Å²) in [5.74, 6) is -1.13. The molecule has 17 heavy (non-hydrogen) atoms. The van der Waals surface area contributed by atoms with Gasteiger partial charge in [-0.2, -0.15) is 0 Å². The predicted molar refractivity (Wildman–Crippen MR) is 69.0 cm³/mol. The molecule has 0 aliphatic heterocycles. The van der Waals surface area contributed by atoms with Crippen LogP contribution in [0.2, 0.25) is 0 Å². The third-order valence-corrected chi connectivity index (χ3v) is 3.22. The van der Waals surface area contributed by atoms with Crippen molar-refractivity contribution in [3.05, 3.63) is 35.4 Å². The van der Waals surface area contributed by atoms with Gasteiger partial charge in [-0.05, 0) is 31.0 Å². The standard InChI is InChI=1S/C14H21NO2/c1-4-10-6-8-11(9-7-10)13(15-3)12(5-2)14(16)17/h6-9,12-13,15H,4-5H2,1-3H3,(H,16,17). The minimum Gasteiger partial charge on any atom is -0.481 e. The summed E-state index contributed by atoms with van der Waals surface area (Å²) in [5, 5.41) is 12.3. The van der Waals surface area contributed by atoms with Gasteiger partial charge in [-0.3, -0.25) is 4.79 Å². The second-order valence-electron chi connectivity index (χ2n) is 4.21. The largest absolute Gasteiger partial charge is 0.481 e. The molecule has 0 radical (unpaired) electrons. The first-order chi connectivity index (χ1) is 8.13. The molecule has 94 valence electrons. The number of benzene rings is 1. The lowest BCUT2D eigenvalue weighted by atomic mass is 9.90. The molecule has 0 bridgehead atoms. The SMILES string of the molecule is CCc1ccc(C(NC)C(CC)C(=O)O)cc1. The average Bonchev–Trinajstić information content (AvgIpc) is 2.35. The van der Waals surface area contributed by atoms with E-state index < -0.39 is 5.97 Å². The third-order valence-electron chi connectivity index (χ3n) is 3.22. The Balaban J connectivity index is 2.95. The maximum absolute atomic E-state index is 11.2. The highest BCUT2D eigenvalue weighted by Crippen LogP contribution is 2.25. The number of carbonyl (C=O) groups is 1. The van der Waals surface area contributed by atoms with E-state index in [-0.39, 0.29) is 12.0 Å². The second-order valence-corrected chi connectivity index (χ2v) is 4.21. The van der Waals surface area contributed by atoms with Gasteiger partial charge in [0.15, 0.2) is 0 Å². The van der Waals surface area contributed by atoms with Gasteiger partial charge in [0.25, 0.3) is 0 Å². The number of aryl methyl sites for hydroxylation is 1. The summed E-state index contributed by atoms with van der Waals surface area (Å²) >= 11 is 0. The second kappa shape index (κ2) is 6.40. The number of rotatable bonds is 6. The van der Waals surface area contributed by atoms with Crippen LogP contribution in [0.4, 0.5) is 0 Å². The van der Waals surface area contributed by atoms with Gasteiger partial charge in [-0.25, -0.2) is 0 Å². The summed E-state index contributed by atoms with van der Waals surface area (Å²) in [5.41, 5.74) is 2.31. The molecule has 0 saturated carbocycles. The molecule has 0 fully saturated rings. The maximum atomic E-state index is 11.2. The summed E-state index contributed by atoms with van der Waals surface area (Å²) < 4.78 is 0. The van der Waals surface area contributed by atoms with Crippen LogP contribution < -0.4 is 5.32 Å². The van der Waals surface area contributed by atoms with E-state index in [4.69, 9.17) is 0 Å². The van der Waals surface area contributed by atoms with Gasteiger partial charge in [0.05, 0.1) is 5.92 Å². The van der Waals surface area contributed by atoms with E-state index in [2.05, 4.69) is 24.4 Å². The molecule has 2 atom stereocenters. The third kappa shape index (κ3) is 3.30. The summed E-state index contributed by atoms with van der Waals surface area (Å²) in [6.45, 7) is 4.01. The van der Waals surface area contributed by atoms with Crippen molar-refractivity contribution in [3.8, 4) is 0 Å². The van der Waals surface area contributed by atoms with Crippen molar-refractivity contribution in [1.82, 2.24) is 5.32 Å². The number of aliphatic carboxylic acids is 1. The molecule has 0 aromatic heterocycles. The van der Waals surface area contributed by atoms with Crippen molar-refractivity contribution in [2.45, 2.75) is 32.7 Å². The first-order valence-corrected chi connectivity index (χ1v) is 6.12. The van der Waals surface area contributed by atoms with Crippen LogP contribution in [-0.2, 0) is 11.2 Å². The number of nitrogens with one attached hydrogen (secondary N) is 1. The highest BCUT2D eigenvalue weighted by molar-refractivity contribution is 5.71. The summed E-state index contributed by atoms with van der Waals surface area (Å²) in [7, 11) is 1.81. The Labute approximate surface area is 103 Å². The van der Waals surface area contributed by atoms with Gasteiger partial charge in [0.2, 0.25) is 0 Å². The van der Waals surface area contributed by atoms with Gasteiger partial charge >= 0.3 is 5.97 Å². The van der Waals surface area contributed by atoms with Crippen LogP contribution >= 0.6 is 0 Å². The van der Waals surface area contributed by atoms with Gasteiger partial charge < -0.3 is 10.4 Å². The minimum atomic E-state index is -0.744. The molecular formula is C14H21NO2. The quantitative estimate of drug-likeness (QED) is 0.797. The molecule has 0 aliphatic rings. The van der Waals surface area contributed by atoms with Gasteiger partial charge in [0, 0.05) is 6.04 Å². The Morgan fingerprint density at radius 3 is 2.24 bits per heavy atom. The molecule has 0 heterocycles. The van der Waals surface area contributed by atoms with Crippen LogP contribution in [0, 0.1) is 5.92 Å². The molecule has 3 heteroatoms. The molecule has 0 spiro atoms. The van der Waals surface area contributed by atoms with Crippen molar-refractivity contribution in [2.24, 2.45) is 5.92 Å². The van der Waals surface area contributed by atoms with Crippen molar-refractivity contribution in [3.63, 3.8) is 0 Å². The molecule has 3 nitrogen and oxygen atoms in total. The van der Waals surface area contributed by atoms with E-state index in [1.54, 1.807) is 0 Å². The highest BCUT2D eigenvalue weighted by atomic mass is 16.4. The van der Waals surface area contributed by atoms with E-state index in [1.165, 1.54) is 5.56 Å². The van der Waals surface area contributed by atoms with Crippen LogP contribution in [0.25, 0.3) is 0 Å². The smallest absolute Gasteiger partial charge is 0.308 e. The normalized spacial score (nSPS) is 14.3. The lowest BCUT2D eigenvalue weighted by molar-refractivity contribution is -0.143. The van der Waals surface area contributed by atoms with Crippen LogP contribution in [-0.4, -0.2) is 18.1 Å². The fourth-order valence-electron chi connectivity index (χ4n) is 2.11. The lowest BCUT2D eigenvalue weighted by Gasteiger charge is -2.23. The Bertz CT molecular complexity index is 359. The first kappa shape index (κ1) is 13.7.